The topological polar surface area (TPSA) is 9.23 Å². The lowest BCUT2D eigenvalue weighted by Crippen LogP contribution is -2.12. The highest BCUT2D eigenvalue weighted by Gasteiger charge is 2.23. The van der Waals surface area contributed by atoms with Gasteiger partial charge in [0.05, 0.1) is 0 Å². The van der Waals surface area contributed by atoms with Crippen molar-refractivity contribution in [3.05, 3.63) is 29.0 Å². The van der Waals surface area contributed by atoms with Crippen LogP contribution in [0, 0.1) is 5.82 Å². The Hall–Kier alpha value is 0.110. The van der Waals surface area contributed by atoms with E-state index in [1.807, 2.05) is 0 Å². The minimum atomic E-state index is -1.95. The summed E-state index contributed by atoms with van der Waals surface area (Å²) in [7, 11) is 0. The van der Waals surface area contributed by atoms with E-state index in [0.717, 1.165) is 0 Å². The minimum Gasteiger partial charge on any atom is -0.444 e. The van der Waals surface area contributed by atoms with Crippen molar-refractivity contribution in [1.82, 2.24) is 0 Å². The molecule has 72 valence electrons. The van der Waals surface area contributed by atoms with E-state index in [1.54, 1.807) is 0 Å². The SMILES string of the molecule is Fc1cccc(OC(Cl)(Cl)Cl)c1Cl. The third kappa shape index (κ3) is 3.39. The molecule has 0 spiro atoms. The molecular weight excluding hydrogens is 261 g/mol. The second-order valence-corrected chi connectivity index (χ2v) is 4.65. The zero-order valence-corrected chi connectivity index (χ0v) is 9.05. The number of hydrogen-bond donors (Lipinski definition) is 0. The molecule has 1 nitrogen and oxygen atoms in total. The van der Waals surface area contributed by atoms with Crippen LogP contribution in [0.25, 0.3) is 0 Å². The van der Waals surface area contributed by atoms with Gasteiger partial charge in [-0.15, -0.1) is 0 Å². The van der Waals surface area contributed by atoms with Crippen molar-refractivity contribution in [3.8, 4) is 5.75 Å². The molecular formula is C7H3Cl4FO. The van der Waals surface area contributed by atoms with Gasteiger partial charge in [-0.2, -0.15) is 0 Å². The summed E-state index contributed by atoms with van der Waals surface area (Å²) in [5, 5.41) is -0.214. The van der Waals surface area contributed by atoms with Crippen LogP contribution in [0.2, 0.25) is 5.02 Å². The molecule has 0 aliphatic rings. The van der Waals surface area contributed by atoms with Gasteiger partial charge in [-0.3, -0.25) is 0 Å². The van der Waals surface area contributed by atoms with Crippen LogP contribution < -0.4 is 4.74 Å². The van der Waals surface area contributed by atoms with E-state index in [9.17, 15) is 4.39 Å². The highest BCUT2D eigenvalue weighted by molar-refractivity contribution is 6.66. The van der Waals surface area contributed by atoms with Gasteiger partial charge in [-0.1, -0.05) is 17.7 Å². The molecule has 0 N–H and O–H groups in total. The Kier molecular flexibility index (Phi) is 3.52. The molecule has 0 unspecified atom stereocenters. The highest BCUT2D eigenvalue weighted by Crippen LogP contribution is 2.35. The van der Waals surface area contributed by atoms with Gasteiger partial charge in [-0.25, -0.2) is 4.39 Å². The molecule has 0 radical (unpaired) electrons. The number of hydrogen-bond acceptors (Lipinski definition) is 1. The molecule has 0 saturated carbocycles. The maximum absolute atomic E-state index is 12.8. The third-order valence-electron chi connectivity index (χ3n) is 1.14. The van der Waals surface area contributed by atoms with Gasteiger partial charge in [0.25, 0.3) is 0 Å². The van der Waals surface area contributed by atoms with Crippen LogP contribution in [0.3, 0.4) is 0 Å². The van der Waals surface area contributed by atoms with Gasteiger partial charge >= 0.3 is 3.98 Å². The highest BCUT2D eigenvalue weighted by atomic mass is 35.6. The maximum atomic E-state index is 12.8. The van der Waals surface area contributed by atoms with Crippen LogP contribution >= 0.6 is 46.4 Å². The van der Waals surface area contributed by atoms with Crippen LogP contribution in [-0.4, -0.2) is 3.98 Å². The Labute approximate surface area is 94.3 Å². The van der Waals surface area contributed by atoms with Gasteiger partial charge < -0.3 is 4.74 Å². The molecule has 0 aliphatic heterocycles. The Morgan fingerprint density at radius 3 is 2.38 bits per heavy atom. The molecule has 0 fully saturated rings. The molecule has 1 rings (SSSR count). The van der Waals surface area contributed by atoms with E-state index in [1.165, 1.54) is 18.2 Å². The molecule has 13 heavy (non-hydrogen) atoms. The smallest absolute Gasteiger partial charge is 0.338 e. The monoisotopic (exact) mass is 262 g/mol. The molecule has 0 saturated heterocycles. The molecule has 0 amide bonds. The Morgan fingerprint density at radius 2 is 1.85 bits per heavy atom. The largest absolute Gasteiger partial charge is 0.444 e. The predicted octanol–water partition coefficient (Wildman–Crippen LogP) is 4.19. The summed E-state index contributed by atoms with van der Waals surface area (Å²) < 4.78 is 15.6. The second kappa shape index (κ2) is 4.09. The lowest BCUT2D eigenvalue weighted by molar-refractivity contribution is 0.319. The molecule has 0 aromatic heterocycles. The van der Waals surface area contributed by atoms with Crippen LogP contribution in [0.4, 0.5) is 4.39 Å². The van der Waals surface area contributed by atoms with Crippen molar-refractivity contribution in [2.75, 3.05) is 0 Å². The van der Waals surface area contributed by atoms with Crippen LogP contribution in [-0.2, 0) is 0 Å². The first-order chi connectivity index (χ1) is 5.90. The van der Waals surface area contributed by atoms with E-state index in [2.05, 4.69) is 0 Å². The number of halogens is 5. The van der Waals surface area contributed by atoms with Crippen molar-refractivity contribution in [1.29, 1.82) is 0 Å². The summed E-state index contributed by atoms with van der Waals surface area (Å²) >= 11 is 21.5. The average Bonchev–Trinajstić information content (AvgIpc) is 1.96. The van der Waals surface area contributed by atoms with Crippen molar-refractivity contribution in [2.24, 2.45) is 0 Å². The van der Waals surface area contributed by atoms with E-state index >= 15 is 0 Å². The first-order valence-corrected chi connectivity index (χ1v) is 4.61. The van der Waals surface area contributed by atoms with Gasteiger partial charge in [0.1, 0.15) is 16.6 Å². The molecule has 6 heteroatoms. The van der Waals surface area contributed by atoms with Crippen molar-refractivity contribution >= 4 is 46.4 Å². The van der Waals surface area contributed by atoms with E-state index in [-0.39, 0.29) is 10.8 Å². The lowest BCUT2D eigenvalue weighted by atomic mass is 10.3. The number of benzene rings is 1. The Balaban J connectivity index is 2.96. The molecule has 0 bridgehead atoms. The lowest BCUT2D eigenvalue weighted by Gasteiger charge is -2.14. The number of alkyl halides is 3. The molecule has 0 aliphatic carbocycles. The van der Waals surface area contributed by atoms with E-state index < -0.39 is 9.80 Å². The minimum absolute atomic E-state index is 0.0123. The first kappa shape index (κ1) is 11.2. The number of ether oxygens (including phenoxy) is 1. The Bertz CT molecular complexity index is 310. The Morgan fingerprint density at radius 1 is 1.23 bits per heavy atom. The fourth-order valence-corrected chi connectivity index (χ4v) is 1.10. The standard InChI is InChI=1S/C7H3Cl4FO/c8-6-4(12)2-1-3-5(6)13-7(9,10)11/h1-3H. The predicted molar refractivity (Wildman–Crippen MR) is 52.3 cm³/mol. The normalized spacial score (nSPS) is 11.5. The zero-order valence-electron chi connectivity index (χ0n) is 6.03. The summed E-state index contributed by atoms with van der Waals surface area (Å²) in [6.07, 6.45) is 0. The van der Waals surface area contributed by atoms with Gasteiger partial charge in [-0.05, 0) is 46.9 Å². The summed E-state index contributed by atoms with van der Waals surface area (Å²) in [6, 6.07) is 3.97. The molecule has 0 atom stereocenters. The van der Waals surface area contributed by atoms with Crippen LogP contribution in [0.15, 0.2) is 18.2 Å². The number of rotatable bonds is 1. The van der Waals surface area contributed by atoms with Crippen molar-refractivity contribution in [3.63, 3.8) is 0 Å². The van der Waals surface area contributed by atoms with Gasteiger partial charge in [0.2, 0.25) is 0 Å². The molecule has 1 aromatic carbocycles. The van der Waals surface area contributed by atoms with Crippen molar-refractivity contribution < 1.29 is 9.13 Å². The summed E-state index contributed by atoms with van der Waals surface area (Å²) in [6.45, 7) is 0. The first-order valence-electron chi connectivity index (χ1n) is 3.10. The fourth-order valence-electron chi connectivity index (χ4n) is 0.688. The van der Waals surface area contributed by atoms with Gasteiger partial charge in [0, 0.05) is 0 Å². The van der Waals surface area contributed by atoms with E-state index in [0.29, 0.717) is 0 Å². The molecule has 0 heterocycles. The maximum Gasteiger partial charge on any atom is 0.338 e. The third-order valence-corrected chi connectivity index (χ3v) is 1.74. The molecule has 1 aromatic rings. The average molecular weight is 264 g/mol. The van der Waals surface area contributed by atoms with Crippen molar-refractivity contribution in [2.45, 2.75) is 3.98 Å². The summed E-state index contributed by atoms with van der Waals surface area (Å²) in [4.78, 5) is 0. The second-order valence-electron chi connectivity index (χ2n) is 2.10. The fraction of sp³-hybridized carbons (Fsp3) is 0.143. The summed E-state index contributed by atoms with van der Waals surface area (Å²) in [5.41, 5.74) is 0. The summed E-state index contributed by atoms with van der Waals surface area (Å²) in [5.74, 6) is -0.643. The van der Waals surface area contributed by atoms with E-state index in [4.69, 9.17) is 51.1 Å². The zero-order chi connectivity index (χ0) is 10.1. The van der Waals surface area contributed by atoms with Crippen LogP contribution in [0.5, 0.6) is 5.75 Å². The van der Waals surface area contributed by atoms with Gasteiger partial charge in [0.15, 0.2) is 0 Å². The quantitative estimate of drug-likeness (QED) is 0.691. The van der Waals surface area contributed by atoms with Crippen LogP contribution in [0.1, 0.15) is 0 Å².